The summed E-state index contributed by atoms with van der Waals surface area (Å²) in [4.78, 5) is 12.7. The molecule has 2 saturated heterocycles. The van der Waals surface area contributed by atoms with Crippen LogP contribution in [-0.2, 0) is 14.8 Å². The van der Waals surface area contributed by atoms with E-state index in [1.165, 1.54) is 39.5 Å². The van der Waals surface area contributed by atoms with Crippen LogP contribution in [0.25, 0.3) is 0 Å². The molecule has 4 rings (SSSR count). The fourth-order valence-corrected chi connectivity index (χ4v) is 6.62. The lowest BCUT2D eigenvalue weighted by Crippen LogP contribution is -2.27. The summed E-state index contributed by atoms with van der Waals surface area (Å²) in [5.41, 5.74) is 0.490. The summed E-state index contributed by atoms with van der Waals surface area (Å²) < 4.78 is 32.9. The van der Waals surface area contributed by atoms with Gasteiger partial charge in [-0.25, -0.2) is 8.42 Å². The minimum absolute atomic E-state index is 0.0748. The third-order valence-electron chi connectivity index (χ3n) is 5.12. The van der Waals surface area contributed by atoms with Gasteiger partial charge in [0.15, 0.2) is 10.1 Å². The molecule has 8 nitrogen and oxygen atoms in total. The predicted octanol–water partition coefficient (Wildman–Crippen LogP) is 2.89. The van der Waals surface area contributed by atoms with E-state index in [9.17, 15) is 13.2 Å². The Morgan fingerprint density at radius 3 is 2.67 bits per heavy atom. The molecule has 2 aliphatic rings. The molecule has 2 aliphatic heterocycles. The highest BCUT2D eigenvalue weighted by molar-refractivity contribution is 8.01. The van der Waals surface area contributed by atoms with Gasteiger partial charge in [0.2, 0.25) is 15.2 Å². The average molecular weight is 469 g/mol. The molecular weight excluding hydrogens is 444 g/mol. The van der Waals surface area contributed by atoms with E-state index in [2.05, 4.69) is 15.5 Å². The quantitative estimate of drug-likeness (QED) is 0.443. The number of carbonyl (C=O) groups excluding carboxylic acids is 1. The monoisotopic (exact) mass is 468 g/mol. The van der Waals surface area contributed by atoms with Gasteiger partial charge in [-0.05, 0) is 37.8 Å². The standard InChI is InChI=1S/C19H24N4O4S3/c24-17(13-28-19-22-21-18(29-19)20-12-15-4-3-11-27-15)14-5-7-16(8-6-14)30(25,26)23-9-1-2-10-23/h5-8,15H,1-4,9-13H2,(H,20,21)/t15-/m1/s1. The number of nitrogens with zero attached hydrogens (tertiary/aromatic N) is 3. The zero-order chi connectivity index (χ0) is 21.0. The van der Waals surface area contributed by atoms with E-state index in [0.717, 1.165) is 37.4 Å². The Balaban J connectivity index is 1.29. The molecule has 0 aliphatic carbocycles. The van der Waals surface area contributed by atoms with Gasteiger partial charge in [-0.1, -0.05) is 35.2 Å². The van der Waals surface area contributed by atoms with Crippen molar-refractivity contribution < 1.29 is 17.9 Å². The van der Waals surface area contributed by atoms with E-state index < -0.39 is 10.0 Å². The van der Waals surface area contributed by atoms with Crippen LogP contribution in [0.5, 0.6) is 0 Å². The van der Waals surface area contributed by atoms with E-state index in [-0.39, 0.29) is 22.5 Å². The average Bonchev–Trinajstić information content (AvgIpc) is 3.53. The van der Waals surface area contributed by atoms with Gasteiger partial charge in [-0.3, -0.25) is 4.79 Å². The Hall–Kier alpha value is -1.53. The van der Waals surface area contributed by atoms with Crippen LogP contribution >= 0.6 is 23.1 Å². The number of anilines is 1. The van der Waals surface area contributed by atoms with Crippen molar-refractivity contribution in [3.8, 4) is 0 Å². The molecule has 0 saturated carbocycles. The first-order valence-corrected chi connectivity index (χ1v) is 13.2. The molecule has 30 heavy (non-hydrogen) atoms. The number of ketones is 1. The van der Waals surface area contributed by atoms with Crippen molar-refractivity contribution in [2.75, 3.05) is 37.3 Å². The van der Waals surface area contributed by atoms with E-state index in [1.807, 2.05) is 0 Å². The van der Waals surface area contributed by atoms with E-state index in [1.54, 1.807) is 12.1 Å². The Morgan fingerprint density at radius 2 is 1.97 bits per heavy atom. The summed E-state index contributed by atoms with van der Waals surface area (Å²) in [6, 6.07) is 6.20. The number of sulfonamides is 1. The molecule has 1 atom stereocenters. The number of Topliss-reactive ketones (excluding diaryl/α,β-unsaturated/α-hetero) is 1. The number of hydrogen-bond donors (Lipinski definition) is 1. The number of thioether (sulfide) groups is 1. The first-order chi connectivity index (χ1) is 14.5. The second-order valence-electron chi connectivity index (χ2n) is 7.24. The second-order valence-corrected chi connectivity index (χ2v) is 11.4. The highest BCUT2D eigenvalue weighted by Gasteiger charge is 2.27. The van der Waals surface area contributed by atoms with Crippen LogP contribution in [0.15, 0.2) is 33.5 Å². The third-order valence-corrected chi connectivity index (χ3v) is 9.04. The van der Waals surface area contributed by atoms with Crippen LogP contribution in [0.1, 0.15) is 36.0 Å². The number of nitrogens with one attached hydrogen (secondary N) is 1. The number of aromatic nitrogens is 2. The zero-order valence-electron chi connectivity index (χ0n) is 16.5. The summed E-state index contributed by atoms with van der Waals surface area (Å²) in [5.74, 6) is 0.146. The van der Waals surface area contributed by atoms with Gasteiger partial charge in [-0.15, -0.1) is 10.2 Å². The van der Waals surface area contributed by atoms with E-state index in [4.69, 9.17) is 4.74 Å². The molecule has 1 aromatic carbocycles. The van der Waals surface area contributed by atoms with Gasteiger partial charge in [-0.2, -0.15) is 4.31 Å². The maximum Gasteiger partial charge on any atom is 0.243 e. The smallest absolute Gasteiger partial charge is 0.243 e. The Bertz CT molecular complexity index is 966. The topological polar surface area (TPSA) is 101 Å². The molecule has 0 radical (unpaired) electrons. The van der Waals surface area contributed by atoms with Gasteiger partial charge in [0.1, 0.15) is 0 Å². The third kappa shape index (κ3) is 5.20. The summed E-state index contributed by atoms with van der Waals surface area (Å²) in [6.07, 6.45) is 4.16. The summed E-state index contributed by atoms with van der Waals surface area (Å²) in [7, 11) is -3.46. The number of ether oxygens (including phenoxy) is 1. The van der Waals surface area contributed by atoms with Crippen molar-refractivity contribution in [1.82, 2.24) is 14.5 Å². The van der Waals surface area contributed by atoms with E-state index >= 15 is 0 Å². The molecule has 0 spiro atoms. The highest BCUT2D eigenvalue weighted by Crippen LogP contribution is 2.27. The van der Waals surface area contributed by atoms with Crippen LogP contribution in [0, 0.1) is 0 Å². The molecule has 0 amide bonds. The Morgan fingerprint density at radius 1 is 1.20 bits per heavy atom. The lowest BCUT2D eigenvalue weighted by atomic mass is 10.1. The number of benzene rings is 1. The molecule has 162 valence electrons. The zero-order valence-corrected chi connectivity index (χ0v) is 18.9. The lowest BCUT2D eigenvalue weighted by molar-refractivity contribution is 0.102. The molecule has 0 bridgehead atoms. The minimum Gasteiger partial charge on any atom is -0.376 e. The Kier molecular flexibility index (Phi) is 7.04. The molecular formula is C19H24N4O4S3. The number of hydrogen-bond acceptors (Lipinski definition) is 9. The molecule has 2 fully saturated rings. The van der Waals surface area contributed by atoms with Crippen molar-refractivity contribution >= 4 is 44.0 Å². The van der Waals surface area contributed by atoms with Gasteiger partial charge in [0.25, 0.3) is 0 Å². The predicted molar refractivity (Wildman–Crippen MR) is 117 cm³/mol. The van der Waals surface area contributed by atoms with Crippen molar-refractivity contribution in [2.24, 2.45) is 0 Å². The minimum atomic E-state index is -3.46. The van der Waals surface area contributed by atoms with E-state index in [0.29, 0.717) is 29.5 Å². The fourth-order valence-electron chi connectivity index (χ4n) is 3.45. The maximum atomic E-state index is 12.6. The van der Waals surface area contributed by atoms with Crippen LogP contribution in [0.2, 0.25) is 0 Å². The van der Waals surface area contributed by atoms with Crippen LogP contribution in [-0.4, -0.2) is 66.8 Å². The molecule has 2 aromatic rings. The molecule has 1 aromatic heterocycles. The highest BCUT2D eigenvalue weighted by atomic mass is 32.2. The molecule has 1 N–H and O–H groups in total. The van der Waals surface area contributed by atoms with Crippen molar-refractivity contribution in [2.45, 2.75) is 41.0 Å². The van der Waals surface area contributed by atoms with Crippen LogP contribution in [0.3, 0.4) is 0 Å². The summed E-state index contributed by atoms with van der Waals surface area (Å²) >= 11 is 2.74. The number of rotatable bonds is 9. The molecule has 11 heteroatoms. The van der Waals surface area contributed by atoms with Crippen molar-refractivity contribution in [3.63, 3.8) is 0 Å². The SMILES string of the molecule is O=C(CSc1nnc(NC[C@H]2CCCO2)s1)c1ccc(S(=O)(=O)N2CCCC2)cc1. The second kappa shape index (κ2) is 9.73. The lowest BCUT2D eigenvalue weighted by Gasteiger charge is -2.15. The van der Waals surface area contributed by atoms with Crippen LogP contribution in [0.4, 0.5) is 5.13 Å². The van der Waals surface area contributed by atoms with Gasteiger partial charge >= 0.3 is 0 Å². The Labute approximate surface area is 184 Å². The normalized spacial score (nSPS) is 19.9. The fraction of sp³-hybridized carbons (Fsp3) is 0.526. The van der Waals surface area contributed by atoms with Gasteiger partial charge < -0.3 is 10.1 Å². The van der Waals surface area contributed by atoms with Gasteiger partial charge in [0.05, 0.1) is 16.8 Å². The molecule has 0 unspecified atom stereocenters. The largest absolute Gasteiger partial charge is 0.376 e. The van der Waals surface area contributed by atoms with Gasteiger partial charge in [0, 0.05) is 31.8 Å². The summed E-state index contributed by atoms with van der Waals surface area (Å²) in [6.45, 7) is 2.65. The van der Waals surface area contributed by atoms with Crippen molar-refractivity contribution in [3.05, 3.63) is 29.8 Å². The number of carbonyl (C=O) groups is 1. The van der Waals surface area contributed by atoms with Crippen molar-refractivity contribution in [1.29, 1.82) is 0 Å². The maximum absolute atomic E-state index is 12.6. The first kappa shape index (κ1) is 21.7. The van der Waals surface area contributed by atoms with Crippen LogP contribution < -0.4 is 5.32 Å². The summed E-state index contributed by atoms with van der Waals surface area (Å²) in [5, 5.41) is 12.2. The molecule has 3 heterocycles. The first-order valence-electron chi connectivity index (χ1n) is 9.97.